The Morgan fingerprint density at radius 3 is 2.61 bits per heavy atom. The van der Waals surface area contributed by atoms with Crippen LogP contribution in [0.15, 0.2) is 39.9 Å². The molecular formula is C13H16BrN3S. The van der Waals surface area contributed by atoms with Gasteiger partial charge in [-0.3, -0.25) is 5.43 Å². The number of hydrogen-bond donors (Lipinski definition) is 2. The lowest BCUT2D eigenvalue weighted by atomic mass is 10.2. The van der Waals surface area contributed by atoms with Crippen LogP contribution in [0.1, 0.15) is 19.4 Å². The van der Waals surface area contributed by atoms with E-state index in [1.54, 1.807) is 6.21 Å². The zero-order chi connectivity index (χ0) is 13.4. The summed E-state index contributed by atoms with van der Waals surface area (Å²) in [5, 5.41) is 7.58. The van der Waals surface area contributed by atoms with Crippen molar-refractivity contribution in [3.63, 3.8) is 0 Å². The van der Waals surface area contributed by atoms with Crippen LogP contribution in [0.5, 0.6) is 0 Å². The molecule has 0 heterocycles. The Labute approximate surface area is 121 Å². The smallest absolute Gasteiger partial charge is 0.187 e. The topological polar surface area (TPSA) is 36.4 Å². The third kappa shape index (κ3) is 6.51. The summed E-state index contributed by atoms with van der Waals surface area (Å²) >= 11 is 8.46. The third-order valence-electron chi connectivity index (χ3n) is 1.88. The van der Waals surface area contributed by atoms with E-state index in [0.717, 1.165) is 10.0 Å². The maximum Gasteiger partial charge on any atom is 0.187 e. The summed E-state index contributed by atoms with van der Waals surface area (Å²) < 4.78 is 0.869. The molecule has 0 aliphatic rings. The predicted molar refractivity (Wildman–Crippen MR) is 85.8 cm³/mol. The van der Waals surface area contributed by atoms with Gasteiger partial charge in [0.1, 0.15) is 0 Å². The second-order valence-electron chi connectivity index (χ2n) is 3.94. The van der Waals surface area contributed by atoms with Crippen molar-refractivity contribution < 1.29 is 0 Å². The molecule has 5 heteroatoms. The zero-order valence-electron chi connectivity index (χ0n) is 10.4. The number of benzene rings is 1. The standard InChI is InChI=1S/C13H16BrN3S/c1-10(2)16-13(18)17-15-9-12(14)8-11-6-4-3-5-7-11/h3-10H,1-2H3,(H2,16,17,18)/b12-8-,15-9-. The average Bonchev–Trinajstić information content (AvgIpc) is 2.29. The molecule has 0 amide bonds. The van der Waals surface area contributed by atoms with E-state index in [0.29, 0.717) is 11.2 Å². The van der Waals surface area contributed by atoms with Crippen LogP contribution in [0.4, 0.5) is 0 Å². The quantitative estimate of drug-likeness (QED) is 0.506. The van der Waals surface area contributed by atoms with Gasteiger partial charge in [-0.25, -0.2) is 0 Å². The van der Waals surface area contributed by atoms with Crippen molar-refractivity contribution in [1.82, 2.24) is 10.7 Å². The minimum atomic E-state index is 0.295. The number of hydrazone groups is 1. The number of halogens is 1. The minimum Gasteiger partial charge on any atom is -0.359 e. The lowest BCUT2D eigenvalue weighted by Crippen LogP contribution is -2.36. The molecule has 0 bridgehead atoms. The lowest BCUT2D eigenvalue weighted by molar-refractivity contribution is 0.720. The Morgan fingerprint density at radius 2 is 2.00 bits per heavy atom. The summed E-state index contributed by atoms with van der Waals surface area (Å²) in [6.45, 7) is 4.03. The zero-order valence-corrected chi connectivity index (χ0v) is 12.8. The lowest BCUT2D eigenvalue weighted by Gasteiger charge is -2.09. The first-order valence-electron chi connectivity index (χ1n) is 5.59. The summed E-state index contributed by atoms with van der Waals surface area (Å²) in [5.41, 5.74) is 3.86. The number of nitrogens with one attached hydrogen (secondary N) is 2. The van der Waals surface area contributed by atoms with Crippen LogP contribution >= 0.6 is 28.1 Å². The summed E-state index contributed by atoms with van der Waals surface area (Å²) in [4.78, 5) is 0. The Kier molecular flexibility index (Phi) is 6.60. The van der Waals surface area contributed by atoms with Gasteiger partial charge in [-0.2, -0.15) is 5.10 Å². The van der Waals surface area contributed by atoms with E-state index < -0.39 is 0 Å². The number of allylic oxidation sites excluding steroid dienone is 1. The monoisotopic (exact) mass is 325 g/mol. The van der Waals surface area contributed by atoms with Crippen molar-refractivity contribution in [3.05, 3.63) is 40.4 Å². The number of thiocarbonyl (C=S) groups is 1. The van der Waals surface area contributed by atoms with Crippen LogP contribution in [0.3, 0.4) is 0 Å². The first-order valence-corrected chi connectivity index (χ1v) is 6.80. The molecule has 0 aliphatic heterocycles. The summed E-state index contributed by atoms with van der Waals surface area (Å²) in [6, 6.07) is 10.3. The number of nitrogens with zero attached hydrogens (tertiary/aromatic N) is 1. The summed E-state index contributed by atoms with van der Waals surface area (Å²) in [7, 11) is 0. The van der Waals surface area contributed by atoms with Gasteiger partial charge in [0.15, 0.2) is 5.11 Å². The van der Waals surface area contributed by atoms with Gasteiger partial charge in [0.25, 0.3) is 0 Å². The molecule has 1 aromatic rings. The Hall–Kier alpha value is -1.20. The molecule has 0 fully saturated rings. The molecule has 0 aliphatic carbocycles. The second-order valence-corrected chi connectivity index (χ2v) is 5.26. The molecule has 96 valence electrons. The minimum absolute atomic E-state index is 0.295. The van der Waals surface area contributed by atoms with E-state index >= 15 is 0 Å². The van der Waals surface area contributed by atoms with Crippen molar-refractivity contribution >= 4 is 45.6 Å². The molecule has 0 aromatic heterocycles. The van der Waals surface area contributed by atoms with Gasteiger partial charge in [-0.1, -0.05) is 30.3 Å². The molecule has 1 aromatic carbocycles. The molecule has 0 spiro atoms. The molecule has 1 rings (SSSR count). The Bertz CT molecular complexity index is 441. The average molecular weight is 326 g/mol. The summed E-state index contributed by atoms with van der Waals surface area (Å²) in [5.74, 6) is 0. The van der Waals surface area contributed by atoms with E-state index in [1.165, 1.54) is 0 Å². The molecule has 0 unspecified atom stereocenters. The highest BCUT2D eigenvalue weighted by molar-refractivity contribution is 9.12. The fourth-order valence-electron chi connectivity index (χ4n) is 1.19. The van der Waals surface area contributed by atoms with E-state index in [-0.39, 0.29) is 0 Å². The SMILES string of the molecule is CC(C)NC(=S)N/N=C\C(Br)=C\c1ccccc1. The predicted octanol–water partition coefficient (Wildman–Crippen LogP) is 3.28. The first-order chi connectivity index (χ1) is 8.58. The molecule has 2 N–H and O–H groups in total. The van der Waals surface area contributed by atoms with Crippen LogP contribution < -0.4 is 10.7 Å². The number of hydrogen-bond acceptors (Lipinski definition) is 2. The fraction of sp³-hybridized carbons (Fsp3) is 0.231. The van der Waals surface area contributed by atoms with Gasteiger partial charge in [-0.15, -0.1) is 0 Å². The molecule has 0 radical (unpaired) electrons. The van der Waals surface area contributed by atoms with Crippen molar-refractivity contribution in [2.75, 3.05) is 0 Å². The first kappa shape index (κ1) is 14.9. The molecule has 0 atom stereocenters. The highest BCUT2D eigenvalue weighted by atomic mass is 79.9. The van der Waals surface area contributed by atoms with Crippen molar-refractivity contribution in [3.8, 4) is 0 Å². The van der Waals surface area contributed by atoms with E-state index in [9.17, 15) is 0 Å². The van der Waals surface area contributed by atoms with Gasteiger partial charge in [0.05, 0.1) is 6.21 Å². The van der Waals surface area contributed by atoms with Gasteiger partial charge < -0.3 is 5.32 Å². The van der Waals surface area contributed by atoms with E-state index in [1.807, 2.05) is 50.3 Å². The second kappa shape index (κ2) is 8.00. The maximum absolute atomic E-state index is 5.04. The largest absolute Gasteiger partial charge is 0.359 e. The van der Waals surface area contributed by atoms with Crippen LogP contribution in [0.2, 0.25) is 0 Å². The highest BCUT2D eigenvalue weighted by Gasteiger charge is 1.95. The van der Waals surface area contributed by atoms with Crippen LogP contribution in [0, 0.1) is 0 Å². The molecule has 18 heavy (non-hydrogen) atoms. The fourth-order valence-corrected chi connectivity index (χ4v) is 1.85. The highest BCUT2D eigenvalue weighted by Crippen LogP contribution is 2.09. The molecule has 3 nitrogen and oxygen atoms in total. The molecular weight excluding hydrogens is 310 g/mol. The van der Waals surface area contributed by atoms with Crippen molar-refractivity contribution in [1.29, 1.82) is 0 Å². The van der Waals surface area contributed by atoms with E-state index in [4.69, 9.17) is 12.2 Å². The van der Waals surface area contributed by atoms with Gasteiger partial charge in [0, 0.05) is 10.5 Å². The Balaban J connectivity index is 2.47. The molecule has 0 saturated heterocycles. The normalized spacial score (nSPS) is 11.9. The van der Waals surface area contributed by atoms with Gasteiger partial charge in [0.2, 0.25) is 0 Å². The van der Waals surface area contributed by atoms with Crippen LogP contribution in [-0.2, 0) is 0 Å². The van der Waals surface area contributed by atoms with Gasteiger partial charge >= 0.3 is 0 Å². The van der Waals surface area contributed by atoms with Crippen molar-refractivity contribution in [2.45, 2.75) is 19.9 Å². The molecule has 0 saturated carbocycles. The Morgan fingerprint density at radius 1 is 1.33 bits per heavy atom. The maximum atomic E-state index is 5.04. The van der Waals surface area contributed by atoms with Crippen molar-refractivity contribution in [2.24, 2.45) is 5.10 Å². The van der Waals surface area contributed by atoms with E-state index in [2.05, 4.69) is 31.8 Å². The number of rotatable bonds is 4. The van der Waals surface area contributed by atoms with Crippen LogP contribution in [0.25, 0.3) is 6.08 Å². The van der Waals surface area contributed by atoms with Crippen LogP contribution in [-0.4, -0.2) is 17.4 Å². The van der Waals surface area contributed by atoms with Gasteiger partial charge in [-0.05, 0) is 53.6 Å². The third-order valence-corrected chi connectivity index (χ3v) is 2.52. The summed E-state index contributed by atoms with van der Waals surface area (Å²) in [6.07, 6.45) is 3.64.